The zero-order valence-corrected chi connectivity index (χ0v) is 11.6. The van der Waals surface area contributed by atoms with Crippen LogP contribution in [0.25, 0.3) is 16.6 Å². The highest BCUT2D eigenvalue weighted by Gasteiger charge is 2.09. The summed E-state index contributed by atoms with van der Waals surface area (Å²) in [5.41, 5.74) is 0.912. The molecule has 0 amide bonds. The topological polar surface area (TPSA) is 95.1 Å². The van der Waals surface area contributed by atoms with Crippen LogP contribution in [0.1, 0.15) is 0 Å². The second-order valence-electron chi connectivity index (χ2n) is 4.48. The standard InChI is InChI=1S/C14H11N3O3S/c15-21(19,20)11-7-5-10(6-8-11)17-9-16-13-4-2-1-3-12(13)14(17)18/h1-9H,(H2,15,19,20). The van der Waals surface area contributed by atoms with Crippen molar-refractivity contribution in [3.05, 3.63) is 65.2 Å². The molecule has 0 fully saturated rings. The van der Waals surface area contributed by atoms with Gasteiger partial charge in [0.15, 0.2) is 0 Å². The summed E-state index contributed by atoms with van der Waals surface area (Å²) in [6.07, 6.45) is 1.41. The first-order chi connectivity index (χ1) is 9.97. The van der Waals surface area contributed by atoms with Gasteiger partial charge < -0.3 is 0 Å². The minimum atomic E-state index is -3.75. The summed E-state index contributed by atoms with van der Waals surface area (Å²) in [4.78, 5) is 16.6. The van der Waals surface area contributed by atoms with E-state index in [-0.39, 0.29) is 10.5 Å². The van der Waals surface area contributed by atoms with E-state index < -0.39 is 10.0 Å². The molecule has 1 heterocycles. The van der Waals surface area contributed by atoms with E-state index in [1.807, 2.05) is 0 Å². The molecule has 1 aromatic heterocycles. The quantitative estimate of drug-likeness (QED) is 0.765. The molecule has 0 bridgehead atoms. The van der Waals surface area contributed by atoms with Gasteiger partial charge >= 0.3 is 0 Å². The lowest BCUT2D eigenvalue weighted by atomic mass is 10.2. The summed E-state index contributed by atoms with van der Waals surface area (Å²) in [5, 5.41) is 5.54. The number of para-hydroxylation sites is 1. The number of hydrogen-bond donors (Lipinski definition) is 1. The maximum atomic E-state index is 12.4. The van der Waals surface area contributed by atoms with Gasteiger partial charge in [-0.25, -0.2) is 18.5 Å². The van der Waals surface area contributed by atoms with Crippen LogP contribution in [0, 0.1) is 0 Å². The summed E-state index contributed by atoms with van der Waals surface area (Å²) >= 11 is 0. The molecule has 3 aromatic rings. The van der Waals surface area contributed by atoms with Gasteiger partial charge in [-0.05, 0) is 36.4 Å². The van der Waals surface area contributed by atoms with Crippen molar-refractivity contribution in [3.8, 4) is 5.69 Å². The lowest BCUT2D eigenvalue weighted by Gasteiger charge is -2.07. The Morgan fingerprint density at radius 3 is 2.33 bits per heavy atom. The number of rotatable bonds is 2. The first kappa shape index (κ1) is 13.5. The Labute approximate surface area is 120 Å². The summed E-state index contributed by atoms with van der Waals surface area (Å²) in [5.74, 6) is 0. The lowest BCUT2D eigenvalue weighted by molar-refractivity contribution is 0.598. The Hall–Kier alpha value is -2.51. The fourth-order valence-corrected chi connectivity index (χ4v) is 2.56. The number of hydrogen-bond acceptors (Lipinski definition) is 4. The molecule has 2 N–H and O–H groups in total. The van der Waals surface area contributed by atoms with Gasteiger partial charge in [-0.2, -0.15) is 0 Å². The number of aromatic nitrogens is 2. The van der Waals surface area contributed by atoms with E-state index in [2.05, 4.69) is 4.98 Å². The molecule has 0 aliphatic rings. The molecule has 0 aliphatic carbocycles. The molecule has 106 valence electrons. The number of sulfonamides is 1. The average Bonchev–Trinajstić information content (AvgIpc) is 2.47. The molecular formula is C14H11N3O3S. The van der Waals surface area contributed by atoms with Crippen molar-refractivity contribution >= 4 is 20.9 Å². The van der Waals surface area contributed by atoms with Crippen LogP contribution < -0.4 is 10.7 Å². The van der Waals surface area contributed by atoms with Crippen LogP contribution in [-0.2, 0) is 10.0 Å². The van der Waals surface area contributed by atoms with Crippen LogP contribution in [0.15, 0.2) is 64.5 Å². The molecule has 0 spiro atoms. The number of primary sulfonamides is 1. The van der Waals surface area contributed by atoms with E-state index in [0.29, 0.717) is 16.6 Å². The normalized spacial score (nSPS) is 11.7. The van der Waals surface area contributed by atoms with Crippen molar-refractivity contribution < 1.29 is 8.42 Å². The van der Waals surface area contributed by atoms with Gasteiger partial charge in [0.05, 0.1) is 21.5 Å². The van der Waals surface area contributed by atoms with Crippen molar-refractivity contribution in [3.63, 3.8) is 0 Å². The molecule has 0 saturated carbocycles. The predicted molar refractivity (Wildman–Crippen MR) is 78.7 cm³/mol. The highest BCUT2D eigenvalue weighted by molar-refractivity contribution is 7.89. The largest absolute Gasteiger partial charge is 0.268 e. The summed E-state index contributed by atoms with van der Waals surface area (Å²) in [7, 11) is -3.75. The van der Waals surface area contributed by atoms with Gasteiger partial charge in [0.1, 0.15) is 6.33 Å². The minimum absolute atomic E-state index is 0.00644. The van der Waals surface area contributed by atoms with Crippen molar-refractivity contribution in [2.24, 2.45) is 5.14 Å². The highest BCUT2D eigenvalue weighted by Crippen LogP contribution is 2.12. The van der Waals surface area contributed by atoms with Crippen molar-refractivity contribution in [2.45, 2.75) is 4.90 Å². The Morgan fingerprint density at radius 2 is 1.67 bits per heavy atom. The van der Waals surface area contributed by atoms with Crippen LogP contribution in [0.5, 0.6) is 0 Å². The molecule has 0 aliphatic heterocycles. The molecule has 0 unspecified atom stereocenters. The molecular weight excluding hydrogens is 290 g/mol. The van der Waals surface area contributed by atoms with Crippen LogP contribution >= 0.6 is 0 Å². The Kier molecular flexibility index (Phi) is 3.08. The van der Waals surface area contributed by atoms with Crippen LogP contribution in [0.4, 0.5) is 0 Å². The zero-order chi connectivity index (χ0) is 15.0. The van der Waals surface area contributed by atoms with E-state index in [4.69, 9.17) is 5.14 Å². The van der Waals surface area contributed by atoms with Gasteiger partial charge in [0.25, 0.3) is 5.56 Å². The number of nitrogens with zero attached hydrogens (tertiary/aromatic N) is 2. The molecule has 3 rings (SSSR count). The molecule has 6 nitrogen and oxygen atoms in total. The zero-order valence-electron chi connectivity index (χ0n) is 10.8. The smallest absolute Gasteiger partial charge is 0.265 e. The minimum Gasteiger partial charge on any atom is -0.268 e. The maximum absolute atomic E-state index is 12.4. The molecule has 0 radical (unpaired) electrons. The van der Waals surface area contributed by atoms with Crippen molar-refractivity contribution in [1.82, 2.24) is 9.55 Å². The van der Waals surface area contributed by atoms with Crippen LogP contribution in [0.2, 0.25) is 0 Å². The van der Waals surface area contributed by atoms with E-state index in [1.54, 1.807) is 24.3 Å². The molecule has 0 atom stereocenters. The van der Waals surface area contributed by atoms with Gasteiger partial charge in [0, 0.05) is 0 Å². The second kappa shape index (κ2) is 4.80. The van der Waals surface area contributed by atoms with E-state index in [1.165, 1.54) is 35.2 Å². The first-order valence-electron chi connectivity index (χ1n) is 6.06. The van der Waals surface area contributed by atoms with Gasteiger partial charge in [-0.15, -0.1) is 0 Å². The van der Waals surface area contributed by atoms with Gasteiger partial charge in [-0.1, -0.05) is 12.1 Å². The number of benzene rings is 2. The van der Waals surface area contributed by atoms with E-state index >= 15 is 0 Å². The van der Waals surface area contributed by atoms with Crippen LogP contribution in [0.3, 0.4) is 0 Å². The molecule has 21 heavy (non-hydrogen) atoms. The fourth-order valence-electron chi connectivity index (χ4n) is 2.05. The maximum Gasteiger partial charge on any atom is 0.265 e. The van der Waals surface area contributed by atoms with Crippen LogP contribution in [-0.4, -0.2) is 18.0 Å². The summed E-state index contributed by atoms with van der Waals surface area (Å²) in [6.45, 7) is 0. The predicted octanol–water partition coefficient (Wildman–Crippen LogP) is 1.03. The summed E-state index contributed by atoms with van der Waals surface area (Å²) in [6, 6.07) is 12.7. The first-order valence-corrected chi connectivity index (χ1v) is 7.61. The SMILES string of the molecule is NS(=O)(=O)c1ccc(-n2cnc3ccccc3c2=O)cc1. The highest BCUT2D eigenvalue weighted by atomic mass is 32.2. The third-order valence-corrected chi connectivity index (χ3v) is 4.04. The number of nitrogens with two attached hydrogens (primary N) is 1. The average molecular weight is 301 g/mol. The number of fused-ring (bicyclic) bond motifs is 1. The van der Waals surface area contributed by atoms with Gasteiger partial charge in [-0.3, -0.25) is 9.36 Å². The molecule has 7 heteroatoms. The lowest BCUT2D eigenvalue weighted by Crippen LogP contribution is -2.19. The van der Waals surface area contributed by atoms with E-state index in [0.717, 1.165) is 0 Å². The van der Waals surface area contributed by atoms with Crippen molar-refractivity contribution in [1.29, 1.82) is 0 Å². The third kappa shape index (κ3) is 2.44. The Balaban J connectivity index is 2.17. The fraction of sp³-hybridized carbons (Fsp3) is 0. The molecule has 2 aromatic carbocycles. The summed E-state index contributed by atoms with van der Waals surface area (Å²) < 4.78 is 23.8. The van der Waals surface area contributed by atoms with Crippen molar-refractivity contribution in [2.75, 3.05) is 0 Å². The third-order valence-electron chi connectivity index (χ3n) is 3.11. The molecule has 0 saturated heterocycles. The van der Waals surface area contributed by atoms with E-state index in [9.17, 15) is 13.2 Å². The Morgan fingerprint density at radius 1 is 1.00 bits per heavy atom. The Bertz CT molecular complexity index is 976. The monoisotopic (exact) mass is 301 g/mol. The second-order valence-corrected chi connectivity index (χ2v) is 6.04. The van der Waals surface area contributed by atoms with Gasteiger partial charge in [0.2, 0.25) is 10.0 Å².